The normalized spacial score (nSPS) is 18.1. The first-order valence-electron chi connectivity index (χ1n) is 9.55. The highest BCUT2D eigenvalue weighted by atomic mass is 16.2. The van der Waals surface area contributed by atoms with Gasteiger partial charge in [-0.2, -0.15) is 0 Å². The third-order valence-electron chi connectivity index (χ3n) is 5.59. The number of hydrogen-bond donors (Lipinski definition) is 2. The van der Waals surface area contributed by atoms with Crippen molar-refractivity contribution in [3.8, 4) is 0 Å². The van der Waals surface area contributed by atoms with E-state index < -0.39 is 11.8 Å². The number of benzene rings is 1. The summed E-state index contributed by atoms with van der Waals surface area (Å²) in [6.07, 6.45) is 5.26. The highest BCUT2D eigenvalue weighted by Crippen LogP contribution is 2.30. The van der Waals surface area contributed by atoms with Crippen LogP contribution in [0.2, 0.25) is 0 Å². The van der Waals surface area contributed by atoms with Gasteiger partial charge in [-0.1, -0.05) is 25.0 Å². The number of hydrogen-bond acceptors (Lipinski definition) is 4. The van der Waals surface area contributed by atoms with Crippen LogP contribution in [0.1, 0.15) is 42.9 Å². The molecule has 0 bridgehead atoms. The molecule has 6 heteroatoms. The van der Waals surface area contributed by atoms with Gasteiger partial charge in [-0.25, -0.2) is 0 Å². The lowest BCUT2D eigenvalue weighted by Gasteiger charge is -2.26. The zero-order valence-electron chi connectivity index (χ0n) is 16.0. The molecule has 0 unspecified atom stereocenters. The van der Waals surface area contributed by atoms with Crippen molar-refractivity contribution in [1.82, 2.24) is 15.5 Å². The van der Waals surface area contributed by atoms with Gasteiger partial charge in [0.25, 0.3) is 0 Å². The van der Waals surface area contributed by atoms with E-state index in [4.69, 9.17) is 0 Å². The summed E-state index contributed by atoms with van der Waals surface area (Å²) in [6.45, 7) is 1.46. The molecule has 2 N–H and O–H groups in total. The van der Waals surface area contributed by atoms with Crippen molar-refractivity contribution >= 4 is 17.5 Å². The zero-order valence-corrected chi connectivity index (χ0v) is 16.0. The molecular formula is C20H30N4O2. The maximum atomic E-state index is 12.2. The minimum Gasteiger partial charge on any atom is -0.374 e. The lowest BCUT2D eigenvalue weighted by Crippen LogP contribution is -2.45. The van der Waals surface area contributed by atoms with Crippen molar-refractivity contribution in [1.29, 1.82) is 0 Å². The van der Waals surface area contributed by atoms with Crippen LogP contribution in [0, 0.1) is 0 Å². The molecule has 0 aromatic heterocycles. The van der Waals surface area contributed by atoms with Crippen LogP contribution in [0.25, 0.3) is 0 Å². The third-order valence-corrected chi connectivity index (χ3v) is 5.59. The number of anilines is 1. The van der Waals surface area contributed by atoms with Crippen LogP contribution < -0.4 is 15.5 Å². The molecule has 1 heterocycles. The Morgan fingerprint density at radius 3 is 2.65 bits per heavy atom. The molecule has 2 amide bonds. The molecule has 3 rings (SSSR count). The van der Waals surface area contributed by atoms with Crippen molar-refractivity contribution < 1.29 is 9.59 Å². The van der Waals surface area contributed by atoms with E-state index in [1.54, 1.807) is 0 Å². The second-order valence-corrected chi connectivity index (χ2v) is 7.70. The average Bonchev–Trinajstić information content (AvgIpc) is 3.24. The predicted molar refractivity (Wildman–Crippen MR) is 103 cm³/mol. The maximum Gasteiger partial charge on any atom is 0.309 e. The Labute approximate surface area is 155 Å². The number of carbonyl (C=O) groups is 2. The first-order chi connectivity index (χ1) is 12.5. The fraction of sp³-hybridized carbons (Fsp3) is 0.600. The molecule has 1 atom stereocenters. The van der Waals surface area contributed by atoms with E-state index in [0.717, 1.165) is 38.6 Å². The molecule has 1 aromatic rings. The Balaban J connectivity index is 1.60. The minimum absolute atomic E-state index is 0.0365. The van der Waals surface area contributed by atoms with Crippen LogP contribution in [-0.2, 0) is 16.0 Å². The number of carbonyl (C=O) groups excluding carboxylic acids is 2. The molecule has 1 aliphatic carbocycles. The molecule has 1 fully saturated rings. The second-order valence-electron chi connectivity index (χ2n) is 7.70. The average molecular weight is 358 g/mol. The summed E-state index contributed by atoms with van der Waals surface area (Å²) in [5, 5.41) is 5.65. The van der Waals surface area contributed by atoms with Crippen LogP contribution >= 0.6 is 0 Å². The Hall–Kier alpha value is -2.08. The lowest BCUT2D eigenvalue weighted by molar-refractivity contribution is -0.139. The Bertz CT molecular complexity index is 668. The Kier molecular flexibility index (Phi) is 5.81. The van der Waals surface area contributed by atoms with Gasteiger partial charge in [0.15, 0.2) is 0 Å². The van der Waals surface area contributed by atoms with Gasteiger partial charge in [-0.05, 0) is 50.6 Å². The van der Waals surface area contributed by atoms with E-state index in [0.29, 0.717) is 6.54 Å². The monoisotopic (exact) mass is 358 g/mol. The zero-order chi connectivity index (χ0) is 18.7. The van der Waals surface area contributed by atoms with E-state index >= 15 is 0 Å². The predicted octanol–water partition coefficient (Wildman–Crippen LogP) is 1.46. The van der Waals surface area contributed by atoms with Gasteiger partial charge in [0, 0.05) is 31.9 Å². The van der Waals surface area contributed by atoms with Gasteiger partial charge in [0.1, 0.15) is 0 Å². The van der Waals surface area contributed by atoms with E-state index in [9.17, 15) is 9.59 Å². The molecule has 1 aliphatic heterocycles. The second kappa shape index (κ2) is 8.08. The molecule has 0 spiro atoms. The number of likely N-dealkylation sites (N-methyl/N-ethyl adjacent to an activating group) is 2. The quantitative estimate of drug-likeness (QED) is 0.782. The van der Waals surface area contributed by atoms with Crippen molar-refractivity contribution in [2.45, 2.75) is 44.2 Å². The number of amides is 2. The summed E-state index contributed by atoms with van der Waals surface area (Å²) in [7, 11) is 6.10. The molecule has 6 nitrogen and oxygen atoms in total. The summed E-state index contributed by atoms with van der Waals surface area (Å²) in [5.74, 6) is -1.05. The summed E-state index contributed by atoms with van der Waals surface area (Å²) in [5.41, 5.74) is 3.80. The third kappa shape index (κ3) is 4.18. The lowest BCUT2D eigenvalue weighted by atomic mass is 10.0. The van der Waals surface area contributed by atoms with Gasteiger partial charge < -0.3 is 20.4 Å². The number of nitrogens with one attached hydrogen (secondary N) is 2. The number of rotatable bonds is 5. The van der Waals surface area contributed by atoms with Gasteiger partial charge in [0.05, 0.1) is 6.04 Å². The Morgan fingerprint density at radius 2 is 1.96 bits per heavy atom. The highest BCUT2D eigenvalue weighted by molar-refractivity contribution is 6.35. The van der Waals surface area contributed by atoms with Crippen LogP contribution in [0.15, 0.2) is 18.2 Å². The first kappa shape index (κ1) is 18.7. The summed E-state index contributed by atoms with van der Waals surface area (Å²) >= 11 is 0. The SMILES string of the molecule is CN1CCc2cc([C@@H](CNC(=O)C(=O)NC3CCCC3)N(C)C)ccc21. The van der Waals surface area contributed by atoms with Gasteiger partial charge in [0.2, 0.25) is 0 Å². The summed E-state index contributed by atoms with van der Waals surface area (Å²) in [4.78, 5) is 28.6. The fourth-order valence-electron chi connectivity index (χ4n) is 3.98. The smallest absolute Gasteiger partial charge is 0.309 e. The van der Waals surface area contributed by atoms with Crippen LogP contribution in [-0.4, -0.2) is 57.0 Å². The van der Waals surface area contributed by atoms with Gasteiger partial charge >= 0.3 is 11.8 Å². The maximum absolute atomic E-state index is 12.2. The molecule has 0 saturated heterocycles. The molecule has 1 aromatic carbocycles. The summed E-state index contributed by atoms with van der Waals surface area (Å²) in [6, 6.07) is 6.70. The molecule has 0 radical (unpaired) electrons. The van der Waals surface area contributed by atoms with Crippen LogP contribution in [0.3, 0.4) is 0 Å². The molecular weight excluding hydrogens is 328 g/mol. The number of nitrogens with zero attached hydrogens (tertiary/aromatic N) is 2. The molecule has 2 aliphatic rings. The highest BCUT2D eigenvalue weighted by Gasteiger charge is 2.24. The van der Waals surface area contributed by atoms with Gasteiger partial charge in [-0.3, -0.25) is 9.59 Å². The van der Waals surface area contributed by atoms with Crippen molar-refractivity contribution in [2.75, 3.05) is 39.1 Å². The molecule has 26 heavy (non-hydrogen) atoms. The van der Waals surface area contributed by atoms with E-state index in [-0.39, 0.29) is 12.1 Å². The van der Waals surface area contributed by atoms with Crippen molar-refractivity contribution in [2.24, 2.45) is 0 Å². The first-order valence-corrected chi connectivity index (χ1v) is 9.55. The Morgan fingerprint density at radius 1 is 1.23 bits per heavy atom. The largest absolute Gasteiger partial charge is 0.374 e. The van der Waals surface area contributed by atoms with Crippen LogP contribution in [0.5, 0.6) is 0 Å². The minimum atomic E-state index is -0.537. The summed E-state index contributed by atoms with van der Waals surface area (Å²) < 4.78 is 0. The number of fused-ring (bicyclic) bond motifs is 1. The van der Waals surface area contributed by atoms with Gasteiger partial charge in [-0.15, -0.1) is 0 Å². The van der Waals surface area contributed by atoms with Crippen molar-refractivity contribution in [3.63, 3.8) is 0 Å². The standard InChI is InChI=1S/C20H30N4O2/c1-23(2)18(14-8-9-17-15(12-14)10-11-24(17)3)13-21-19(25)20(26)22-16-6-4-5-7-16/h8-9,12,16,18H,4-7,10-11,13H2,1-3H3,(H,21,25)(H,22,26)/t18-/m1/s1. The van der Waals surface area contributed by atoms with Crippen LogP contribution in [0.4, 0.5) is 5.69 Å². The molecule has 142 valence electrons. The molecule has 1 saturated carbocycles. The van der Waals surface area contributed by atoms with E-state index in [2.05, 4.69) is 45.7 Å². The van der Waals surface area contributed by atoms with E-state index in [1.165, 1.54) is 16.8 Å². The fourth-order valence-corrected chi connectivity index (χ4v) is 3.98. The van der Waals surface area contributed by atoms with E-state index in [1.807, 2.05) is 14.1 Å². The topological polar surface area (TPSA) is 64.7 Å². The van der Waals surface area contributed by atoms with Crippen molar-refractivity contribution in [3.05, 3.63) is 29.3 Å².